The van der Waals surface area contributed by atoms with Gasteiger partial charge in [-0.3, -0.25) is 24.5 Å². The molecule has 14 nitrogen and oxygen atoms in total. The summed E-state index contributed by atoms with van der Waals surface area (Å²) in [7, 11) is 0.999. The van der Waals surface area contributed by atoms with Gasteiger partial charge < -0.3 is 19.4 Å². The van der Waals surface area contributed by atoms with E-state index >= 15 is 0 Å². The second-order valence-electron chi connectivity index (χ2n) is 15.4. The topological polar surface area (TPSA) is 168 Å². The highest BCUT2D eigenvalue weighted by molar-refractivity contribution is 7.89. The molecule has 0 aliphatic rings. The Bertz CT molecular complexity index is 1720. The Balaban J connectivity index is 2.51. The number of carbonyl (C=O) groups excluding carboxylic acids is 4. The third-order valence-electron chi connectivity index (χ3n) is 9.06. The van der Waals surface area contributed by atoms with Crippen LogP contribution < -0.4 is 0 Å². The number of benzene rings is 2. The number of esters is 1. The first-order valence-electron chi connectivity index (χ1n) is 17.6. The molecule has 0 fully saturated rings. The van der Waals surface area contributed by atoms with Crippen molar-refractivity contribution in [1.29, 1.82) is 0 Å². The lowest BCUT2D eigenvalue weighted by molar-refractivity contribution is -0.387. The third kappa shape index (κ3) is 10.8. The molecule has 0 radical (unpaired) electrons. The summed E-state index contributed by atoms with van der Waals surface area (Å²) in [5, 5.41) is 11.7. The van der Waals surface area contributed by atoms with E-state index in [4.69, 9.17) is 4.74 Å². The monoisotopic (exact) mass is 759 g/mol. The molecule has 2 aromatic rings. The van der Waals surface area contributed by atoms with Crippen LogP contribution in [0.4, 0.5) is 5.69 Å². The quantitative estimate of drug-likeness (QED) is 0.135. The summed E-state index contributed by atoms with van der Waals surface area (Å²) in [5.41, 5.74) is -0.646. The van der Waals surface area contributed by atoms with Gasteiger partial charge in [0.25, 0.3) is 5.69 Å². The van der Waals surface area contributed by atoms with Gasteiger partial charge in [0.2, 0.25) is 27.7 Å². The van der Waals surface area contributed by atoms with Crippen molar-refractivity contribution in [2.45, 2.75) is 103 Å². The van der Waals surface area contributed by atoms with Crippen LogP contribution in [0.25, 0.3) is 0 Å². The summed E-state index contributed by atoms with van der Waals surface area (Å²) in [6, 6.07) is 9.55. The van der Waals surface area contributed by atoms with Crippen molar-refractivity contribution in [3.05, 3.63) is 70.3 Å². The van der Waals surface area contributed by atoms with E-state index in [1.165, 1.54) is 55.0 Å². The zero-order chi connectivity index (χ0) is 40.7. The predicted molar refractivity (Wildman–Crippen MR) is 202 cm³/mol. The maximum Gasteiger partial charge on any atom is 0.329 e. The van der Waals surface area contributed by atoms with Gasteiger partial charge in [-0.2, -0.15) is 4.31 Å². The number of para-hydroxylation sites is 1. The fraction of sp³-hybridized carbons (Fsp3) is 0.579. The SMILES string of the molecule is CC(C)[C@@H](C(=O)N(C)[C@@H](Cc1ccccc1)C(=O)OC(C)(C)C)N(C)C(=O)[C@H](C(C)C)N(C)C(=O)[C@H](C(C)C)N(C)S(=O)(=O)c1ccccc1[N+](=O)[O-]. The first kappa shape index (κ1) is 44.8. The largest absolute Gasteiger partial charge is 0.458 e. The molecule has 0 N–H and O–H groups in total. The number of hydrogen-bond acceptors (Lipinski definition) is 9. The lowest BCUT2D eigenvalue weighted by atomic mass is 9.95. The summed E-state index contributed by atoms with van der Waals surface area (Å²) < 4.78 is 34.1. The van der Waals surface area contributed by atoms with Gasteiger partial charge in [-0.05, 0) is 50.2 Å². The number of amides is 3. The Hall–Kier alpha value is -4.37. The minimum Gasteiger partial charge on any atom is -0.458 e. The molecule has 15 heteroatoms. The van der Waals surface area contributed by atoms with Gasteiger partial charge in [0.1, 0.15) is 29.8 Å². The molecule has 3 amide bonds. The Labute approximate surface area is 314 Å². The predicted octanol–water partition coefficient (Wildman–Crippen LogP) is 4.62. The molecule has 2 rings (SSSR count). The molecule has 0 aliphatic carbocycles. The van der Waals surface area contributed by atoms with E-state index in [2.05, 4.69) is 0 Å². The summed E-state index contributed by atoms with van der Waals surface area (Å²) in [5.74, 6) is -3.90. The first-order chi connectivity index (χ1) is 24.4. The molecule has 0 bridgehead atoms. The minimum atomic E-state index is -4.55. The highest BCUT2D eigenvalue weighted by atomic mass is 32.2. The fourth-order valence-corrected chi connectivity index (χ4v) is 8.03. The van der Waals surface area contributed by atoms with Crippen LogP contribution >= 0.6 is 0 Å². The number of nitro groups is 1. The van der Waals surface area contributed by atoms with Crippen LogP contribution in [0.2, 0.25) is 0 Å². The van der Waals surface area contributed by atoms with Crippen molar-refractivity contribution < 1.29 is 37.3 Å². The second kappa shape index (κ2) is 18.1. The normalized spacial score (nSPS) is 14.4. The van der Waals surface area contributed by atoms with Crippen LogP contribution in [0.5, 0.6) is 0 Å². The molecule has 0 saturated carbocycles. The van der Waals surface area contributed by atoms with Crippen LogP contribution in [-0.4, -0.2) is 114 Å². The van der Waals surface area contributed by atoms with E-state index in [1.54, 1.807) is 62.3 Å². The number of carbonyl (C=O) groups is 4. The summed E-state index contributed by atoms with van der Waals surface area (Å²) in [4.78, 5) is 70.7. The number of nitro benzene ring substituents is 1. The highest BCUT2D eigenvalue weighted by Crippen LogP contribution is 2.30. The van der Waals surface area contributed by atoms with Crippen molar-refractivity contribution in [2.75, 3.05) is 28.2 Å². The molecule has 0 aliphatic heterocycles. The lowest BCUT2D eigenvalue weighted by Crippen LogP contribution is -2.61. The summed E-state index contributed by atoms with van der Waals surface area (Å²) in [6.07, 6.45) is 0.172. The van der Waals surface area contributed by atoms with E-state index in [1.807, 2.05) is 30.3 Å². The fourth-order valence-electron chi connectivity index (χ4n) is 6.43. The number of rotatable bonds is 16. The van der Waals surface area contributed by atoms with Crippen LogP contribution in [0.15, 0.2) is 59.5 Å². The number of likely N-dealkylation sites (N-methyl/N-ethyl adjacent to an activating group) is 4. The molecule has 294 valence electrons. The van der Waals surface area contributed by atoms with Gasteiger partial charge in [0, 0.05) is 40.7 Å². The Kier molecular flexibility index (Phi) is 15.3. The number of sulfonamides is 1. The smallest absolute Gasteiger partial charge is 0.329 e. The maximum atomic E-state index is 14.4. The van der Waals surface area contributed by atoms with E-state index < -0.39 is 96.7 Å². The molecule has 0 heterocycles. The van der Waals surface area contributed by atoms with E-state index in [9.17, 15) is 37.7 Å². The zero-order valence-corrected chi connectivity index (χ0v) is 34.1. The third-order valence-corrected chi connectivity index (χ3v) is 10.9. The van der Waals surface area contributed by atoms with Gasteiger partial charge in [0.05, 0.1) is 4.92 Å². The van der Waals surface area contributed by atoms with E-state index in [0.29, 0.717) is 0 Å². The van der Waals surface area contributed by atoms with Crippen LogP contribution in [0, 0.1) is 27.9 Å². The Morgan fingerprint density at radius 2 is 1.11 bits per heavy atom. The summed E-state index contributed by atoms with van der Waals surface area (Å²) >= 11 is 0. The molecular weight excluding hydrogens is 703 g/mol. The van der Waals surface area contributed by atoms with Gasteiger partial charge in [-0.15, -0.1) is 0 Å². The minimum absolute atomic E-state index is 0.172. The molecule has 0 unspecified atom stereocenters. The van der Waals surface area contributed by atoms with Gasteiger partial charge in [0.15, 0.2) is 4.90 Å². The average molecular weight is 760 g/mol. The van der Waals surface area contributed by atoms with E-state index in [0.717, 1.165) is 22.0 Å². The van der Waals surface area contributed by atoms with E-state index in [-0.39, 0.29) is 6.42 Å². The van der Waals surface area contributed by atoms with Crippen molar-refractivity contribution in [3.8, 4) is 0 Å². The lowest BCUT2D eigenvalue weighted by Gasteiger charge is -2.41. The first-order valence-corrected chi connectivity index (χ1v) is 19.1. The van der Waals surface area contributed by atoms with Gasteiger partial charge in [-0.25, -0.2) is 13.2 Å². The molecule has 53 heavy (non-hydrogen) atoms. The van der Waals surface area contributed by atoms with Crippen LogP contribution in [-0.2, 0) is 40.4 Å². The Morgan fingerprint density at radius 3 is 1.55 bits per heavy atom. The van der Waals surface area contributed by atoms with Crippen molar-refractivity contribution in [3.63, 3.8) is 0 Å². The van der Waals surface area contributed by atoms with Gasteiger partial charge >= 0.3 is 5.97 Å². The molecular formula is C38H57N5O9S. The van der Waals surface area contributed by atoms with Crippen LogP contribution in [0.3, 0.4) is 0 Å². The molecule has 0 spiro atoms. The number of nitrogens with zero attached hydrogens (tertiary/aromatic N) is 5. The van der Waals surface area contributed by atoms with Crippen molar-refractivity contribution in [2.24, 2.45) is 17.8 Å². The molecule has 0 saturated heterocycles. The molecule has 0 aromatic heterocycles. The van der Waals surface area contributed by atoms with Crippen LogP contribution in [0.1, 0.15) is 67.9 Å². The summed E-state index contributed by atoms with van der Waals surface area (Å²) in [6.45, 7) is 15.5. The van der Waals surface area contributed by atoms with Crippen molar-refractivity contribution >= 4 is 39.4 Å². The maximum absolute atomic E-state index is 14.4. The Morgan fingerprint density at radius 1 is 0.698 bits per heavy atom. The zero-order valence-electron chi connectivity index (χ0n) is 33.3. The number of hydrogen-bond donors (Lipinski definition) is 0. The highest BCUT2D eigenvalue weighted by Gasteiger charge is 2.45. The number of ether oxygens (including phenoxy) is 1. The standard InChI is InChI=1S/C38H57N5O9S/c1-24(2)31(34(44)39(10)29(37(47)52-38(7,8)9)23-27-19-15-14-16-20-27)40(11)35(45)32(25(3)4)41(12)36(46)33(26(5)6)42(13)53(50,51)30-22-18-17-21-28(30)43(48)49/h14-22,24-26,29,31-33H,23H2,1-13H3/t29-,31-,32-,33-/m0/s1. The second-order valence-corrected chi connectivity index (χ2v) is 17.4. The van der Waals surface area contributed by atoms with Crippen molar-refractivity contribution in [1.82, 2.24) is 19.0 Å². The molecule has 4 atom stereocenters. The molecule has 2 aromatic carbocycles. The average Bonchev–Trinajstić information content (AvgIpc) is 3.05. The van der Waals surface area contributed by atoms with Gasteiger partial charge in [-0.1, -0.05) is 84.0 Å².